The number of benzene rings is 2. The Labute approximate surface area is 222 Å². The number of piperidine rings is 1. The van der Waals surface area contributed by atoms with Gasteiger partial charge in [0.2, 0.25) is 5.95 Å². The minimum absolute atomic E-state index is 0.0937. The van der Waals surface area contributed by atoms with E-state index in [0.717, 1.165) is 18.2 Å². The van der Waals surface area contributed by atoms with E-state index < -0.39 is 0 Å². The van der Waals surface area contributed by atoms with Crippen molar-refractivity contribution in [3.05, 3.63) is 82.0 Å². The van der Waals surface area contributed by atoms with Gasteiger partial charge in [0.05, 0.1) is 0 Å². The molecule has 1 saturated heterocycles. The summed E-state index contributed by atoms with van der Waals surface area (Å²) >= 11 is 6.41. The lowest BCUT2D eigenvalue weighted by atomic mass is 10.1. The standard InChI is InChI=1S/C28H24ClFN6O2/c29-23-4-2-1-3-19(23)20-11-15-12-31-27(34-25(15)36(26(20)37)18-9-10-18)33-24-21-13-35(14-22(21)24)28(38)32-17-7-5-16(30)6-8-17/h1-8,11-12,18,21-22,24H,9-10,13-14H2,(H,32,38)(H,31,33,34). The van der Waals surface area contributed by atoms with E-state index in [1.165, 1.54) is 12.1 Å². The van der Waals surface area contributed by atoms with Crippen LogP contribution in [-0.4, -0.2) is 44.6 Å². The summed E-state index contributed by atoms with van der Waals surface area (Å²) in [7, 11) is 0. The average Bonchev–Trinajstić information content (AvgIpc) is 3.82. The number of hydrogen-bond acceptors (Lipinski definition) is 5. The second-order valence-corrected chi connectivity index (χ2v) is 10.7. The number of halogens is 2. The normalized spacial score (nSPS) is 21.8. The summed E-state index contributed by atoms with van der Waals surface area (Å²) in [6, 6.07) is 15.0. The van der Waals surface area contributed by atoms with Gasteiger partial charge in [-0.05, 0) is 49.2 Å². The van der Waals surface area contributed by atoms with Crippen LogP contribution in [0.4, 0.5) is 20.8 Å². The summed E-state index contributed by atoms with van der Waals surface area (Å²) < 4.78 is 14.9. The molecule has 7 rings (SSSR count). The van der Waals surface area contributed by atoms with E-state index in [1.807, 2.05) is 24.3 Å². The van der Waals surface area contributed by atoms with E-state index in [9.17, 15) is 14.0 Å². The van der Waals surface area contributed by atoms with Gasteiger partial charge in [-0.15, -0.1) is 0 Å². The molecule has 2 atom stereocenters. The highest BCUT2D eigenvalue weighted by Gasteiger charge is 2.57. The fourth-order valence-corrected chi connectivity index (χ4v) is 5.76. The molecule has 3 fully saturated rings. The van der Waals surface area contributed by atoms with Crippen LogP contribution in [0.2, 0.25) is 5.02 Å². The quantitative estimate of drug-likeness (QED) is 0.372. The van der Waals surface area contributed by atoms with Crippen LogP contribution in [0.3, 0.4) is 0 Å². The number of urea groups is 1. The average molecular weight is 531 g/mol. The predicted octanol–water partition coefficient (Wildman–Crippen LogP) is 5.16. The van der Waals surface area contributed by atoms with Crippen LogP contribution in [0, 0.1) is 17.7 Å². The molecular formula is C28H24ClFN6O2. The molecule has 2 saturated carbocycles. The molecule has 2 unspecified atom stereocenters. The smallest absolute Gasteiger partial charge is 0.321 e. The van der Waals surface area contributed by atoms with Crippen molar-refractivity contribution >= 4 is 40.3 Å². The number of hydrogen-bond donors (Lipinski definition) is 2. The molecule has 3 heterocycles. The van der Waals surface area contributed by atoms with Crippen molar-refractivity contribution in [3.8, 4) is 11.1 Å². The lowest BCUT2D eigenvalue weighted by molar-refractivity contribution is 0.217. The van der Waals surface area contributed by atoms with Gasteiger partial charge in [0.25, 0.3) is 5.56 Å². The van der Waals surface area contributed by atoms with E-state index in [1.54, 1.807) is 33.9 Å². The molecule has 38 heavy (non-hydrogen) atoms. The molecule has 192 valence electrons. The summed E-state index contributed by atoms with van der Waals surface area (Å²) in [6.45, 7) is 1.24. The highest BCUT2D eigenvalue weighted by molar-refractivity contribution is 6.33. The topological polar surface area (TPSA) is 92.2 Å². The monoisotopic (exact) mass is 530 g/mol. The molecule has 2 amide bonds. The molecule has 0 spiro atoms. The number of pyridine rings is 1. The molecule has 2 aromatic heterocycles. The molecule has 4 aromatic rings. The van der Waals surface area contributed by atoms with Crippen LogP contribution < -0.4 is 16.2 Å². The molecule has 3 aliphatic rings. The molecule has 2 aromatic carbocycles. The minimum atomic E-state index is -0.342. The Morgan fingerprint density at radius 3 is 2.47 bits per heavy atom. The zero-order valence-corrected chi connectivity index (χ0v) is 21.0. The maximum atomic E-state index is 13.5. The molecule has 2 aliphatic carbocycles. The third-order valence-electron chi connectivity index (χ3n) is 7.72. The molecule has 1 aliphatic heterocycles. The number of rotatable bonds is 5. The predicted molar refractivity (Wildman–Crippen MR) is 144 cm³/mol. The van der Waals surface area contributed by atoms with Crippen molar-refractivity contribution in [1.82, 2.24) is 19.4 Å². The minimum Gasteiger partial charge on any atom is -0.351 e. The Balaban J connectivity index is 1.08. The molecule has 10 heteroatoms. The van der Waals surface area contributed by atoms with Crippen molar-refractivity contribution in [2.45, 2.75) is 24.9 Å². The van der Waals surface area contributed by atoms with Gasteiger partial charge < -0.3 is 15.5 Å². The number of nitrogens with one attached hydrogen (secondary N) is 2. The number of nitrogens with zero attached hydrogens (tertiary/aromatic N) is 4. The van der Waals surface area contributed by atoms with Gasteiger partial charge in [-0.2, -0.15) is 4.98 Å². The first-order valence-electron chi connectivity index (χ1n) is 12.7. The van der Waals surface area contributed by atoms with E-state index in [2.05, 4.69) is 15.6 Å². The Kier molecular flexibility index (Phi) is 5.36. The highest BCUT2D eigenvalue weighted by Crippen LogP contribution is 2.47. The van der Waals surface area contributed by atoms with Gasteiger partial charge >= 0.3 is 6.03 Å². The Morgan fingerprint density at radius 1 is 1.03 bits per heavy atom. The zero-order chi connectivity index (χ0) is 26.0. The highest BCUT2D eigenvalue weighted by atomic mass is 35.5. The Morgan fingerprint density at radius 2 is 1.76 bits per heavy atom. The maximum Gasteiger partial charge on any atom is 0.321 e. The van der Waals surface area contributed by atoms with Gasteiger partial charge in [0.1, 0.15) is 11.5 Å². The van der Waals surface area contributed by atoms with Crippen LogP contribution in [0.25, 0.3) is 22.2 Å². The summed E-state index contributed by atoms with van der Waals surface area (Å²) in [4.78, 5) is 37.2. The number of likely N-dealkylation sites (tertiary alicyclic amines) is 1. The number of anilines is 2. The number of aromatic nitrogens is 3. The van der Waals surface area contributed by atoms with Crippen LogP contribution in [0.1, 0.15) is 18.9 Å². The molecule has 0 radical (unpaired) electrons. The fourth-order valence-electron chi connectivity index (χ4n) is 5.52. The third kappa shape index (κ3) is 4.07. The Bertz CT molecular complexity index is 1630. The van der Waals surface area contributed by atoms with Crippen LogP contribution >= 0.6 is 11.6 Å². The van der Waals surface area contributed by atoms with E-state index in [4.69, 9.17) is 16.6 Å². The number of carbonyl (C=O) groups is 1. The molecule has 0 bridgehead atoms. The number of carbonyl (C=O) groups excluding carboxylic acids is 1. The SMILES string of the molecule is O=C(Nc1ccc(F)cc1)N1CC2C(C1)C2Nc1ncc2cc(-c3ccccc3Cl)c(=O)n(C3CC3)c2n1. The van der Waals surface area contributed by atoms with Gasteiger partial charge in [0, 0.05) is 70.4 Å². The summed E-state index contributed by atoms with van der Waals surface area (Å²) in [5.74, 6) is 0.756. The summed E-state index contributed by atoms with van der Waals surface area (Å²) in [6.07, 6.45) is 3.64. The number of amides is 2. The lowest BCUT2D eigenvalue weighted by Crippen LogP contribution is -2.37. The number of fused-ring (bicyclic) bond motifs is 2. The van der Waals surface area contributed by atoms with Gasteiger partial charge in [-0.25, -0.2) is 14.2 Å². The van der Waals surface area contributed by atoms with Crippen molar-refractivity contribution in [2.24, 2.45) is 11.8 Å². The van der Waals surface area contributed by atoms with Crippen molar-refractivity contribution < 1.29 is 9.18 Å². The van der Waals surface area contributed by atoms with Crippen LogP contribution in [0.15, 0.2) is 65.6 Å². The first kappa shape index (κ1) is 23.2. The zero-order valence-electron chi connectivity index (χ0n) is 20.3. The van der Waals surface area contributed by atoms with Crippen molar-refractivity contribution in [2.75, 3.05) is 23.7 Å². The van der Waals surface area contributed by atoms with E-state index >= 15 is 0 Å². The van der Waals surface area contributed by atoms with Crippen LogP contribution in [-0.2, 0) is 0 Å². The third-order valence-corrected chi connectivity index (χ3v) is 8.05. The summed E-state index contributed by atoms with van der Waals surface area (Å²) in [5.41, 5.74) is 2.35. The van der Waals surface area contributed by atoms with Crippen molar-refractivity contribution in [3.63, 3.8) is 0 Å². The van der Waals surface area contributed by atoms with Crippen molar-refractivity contribution in [1.29, 1.82) is 0 Å². The first-order valence-corrected chi connectivity index (χ1v) is 13.1. The second-order valence-electron chi connectivity index (χ2n) is 10.3. The largest absolute Gasteiger partial charge is 0.351 e. The fraction of sp³-hybridized carbons (Fsp3) is 0.286. The molecule has 8 nitrogen and oxygen atoms in total. The van der Waals surface area contributed by atoms with Gasteiger partial charge in [-0.1, -0.05) is 29.8 Å². The van der Waals surface area contributed by atoms with E-state index in [0.29, 0.717) is 58.4 Å². The van der Waals surface area contributed by atoms with Crippen LogP contribution in [0.5, 0.6) is 0 Å². The Hall–Kier alpha value is -3.98. The summed E-state index contributed by atoms with van der Waals surface area (Å²) in [5, 5.41) is 7.57. The lowest BCUT2D eigenvalue weighted by Gasteiger charge is -2.21. The molecule has 2 N–H and O–H groups in total. The second kappa shape index (κ2) is 8.80. The van der Waals surface area contributed by atoms with Gasteiger partial charge in [-0.3, -0.25) is 9.36 Å². The molecular weight excluding hydrogens is 507 g/mol. The first-order chi connectivity index (χ1) is 18.5. The van der Waals surface area contributed by atoms with Gasteiger partial charge in [0.15, 0.2) is 0 Å². The van der Waals surface area contributed by atoms with E-state index in [-0.39, 0.29) is 29.5 Å². The maximum absolute atomic E-state index is 13.5.